The van der Waals surface area contributed by atoms with Gasteiger partial charge in [0, 0.05) is 12.4 Å². The Kier molecular flexibility index (Phi) is 2.55. The highest BCUT2D eigenvalue weighted by Gasteiger charge is 2.47. The number of carboxylic acids is 1. The van der Waals surface area contributed by atoms with Crippen LogP contribution in [0.15, 0.2) is 41.5 Å². The number of imidazole rings is 1. The van der Waals surface area contributed by atoms with Crippen molar-refractivity contribution in [2.24, 2.45) is 0 Å². The van der Waals surface area contributed by atoms with Crippen molar-refractivity contribution in [3.63, 3.8) is 0 Å². The van der Waals surface area contributed by atoms with Gasteiger partial charge in [-0.1, -0.05) is 24.6 Å². The highest BCUT2D eigenvalue weighted by Crippen LogP contribution is 2.45. The summed E-state index contributed by atoms with van der Waals surface area (Å²) in [5, 5.41) is 9.53. The van der Waals surface area contributed by atoms with Gasteiger partial charge in [0.05, 0.1) is 11.1 Å². The first-order chi connectivity index (χ1) is 9.15. The van der Waals surface area contributed by atoms with Crippen LogP contribution in [-0.4, -0.2) is 20.6 Å². The van der Waals surface area contributed by atoms with E-state index in [0.29, 0.717) is 18.5 Å². The van der Waals surface area contributed by atoms with Crippen LogP contribution < -0.4 is 5.69 Å². The minimum absolute atomic E-state index is 0.257. The number of hydrogen-bond donors (Lipinski definition) is 2. The molecule has 0 radical (unpaired) electrons. The number of carboxylic acid groups (broad SMARTS) is 1. The Morgan fingerprint density at radius 2 is 2.05 bits per heavy atom. The van der Waals surface area contributed by atoms with Crippen LogP contribution in [0, 0.1) is 0 Å². The Bertz CT molecular complexity index is 680. The number of nitrogens with zero attached hydrogens (tertiary/aromatic N) is 1. The van der Waals surface area contributed by atoms with Gasteiger partial charge in [0.1, 0.15) is 0 Å². The molecule has 0 atom stereocenters. The average molecular weight is 258 g/mol. The van der Waals surface area contributed by atoms with Gasteiger partial charge in [-0.25, -0.2) is 4.79 Å². The topological polar surface area (TPSA) is 75.1 Å². The maximum Gasteiger partial charge on any atom is 0.330 e. The molecule has 0 aliphatic heterocycles. The molecule has 0 spiro atoms. The van der Waals surface area contributed by atoms with Gasteiger partial charge in [-0.05, 0) is 24.5 Å². The number of aromatic amines is 1. The molecule has 2 aromatic rings. The standard InChI is InChI=1S/C14H14N2O3/c17-12(18)14(6-3-7-14)10-4-1-2-5-11(10)16-9-8-15-13(16)19/h1-2,4-5,8-9H,3,6-7H2,(H,15,19)(H,17,18). The molecule has 1 saturated carbocycles. The molecule has 0 saturated heterocycles. The lowest BCUT2D eigenvalue weighted by atomic mass is 9.64. The molecule has 0 unspecified atom stereocenters. The van der Waals surface area contributed by atoms with E-state index in [1.54, 1.807) is 18.5 Å². The minimum Gasteiger partial charge on any atom is -0.481 e. The molecular formula is C14H14N2O3. The van der Waals surface area contributed by atoms with E-state index in [9.17, 15) is 14.7 Å². The Morgan fingerprint density at radius 3 is 2.58 bits per heavy atom. The summed E-state index contributed by atoms with van der Waals surface area (Å²) in [4.78, 5) is 25.9. The van der Waals surface area contributed by atoms with Crippen molar-refractivity contribution in [3.8, 4) is 5.69 Å². The first-order valence-electron chi connectivity index (χ1n) is 6.24. The highest BCUT2D eigenvalue weighted by molar-refractivity contribution is 5.84. The molecule has 1 heterocycles. The van der Waals surface area contributed by atoms with Crippen molar-refractivity contribution in [2.75, 3.05) is 0 Å². The van der Waals surface area contributed by atoms with E-state index in [-0.39, 0.29) is 5.69 Å². The van der Waals surface area contributed by atoms with Gasteiger partial charge in [0.15, 0.2) is 0 Å². The maximum atomic E-state index is 11.7. The average Bonchev–Trinajstić information content (AvgIpc) is 2.74. The third-order valence-corrected chi connectivity index (χ3v) is 3.94. The van der Waals surface area contributed by atoms with Crippen LogP contribution in [0.25, 0.3) is 5.69 Å². The summed E-state index contributed by atoms with van der Waals surface area (Å²) < 4.78 is 1.46. The van der Waals surface area contributed by atoms with Crippen LogP contribution >= 0.6 is 0 Å². The van der Waals surface area contributed by atoms with Gasteiger partial charge in [-0.3, -0.25) is 9.36 Å². The fourth-order valence-corrected chi connectivity index (χ4v) is 2.73. The van der Waals surface area contributed by atoms with E-state index in [1.807, 2.05) is 18.2 Å². The summed E-state index contributed by atoms with van der Waals surface area (Å²) in [6, 6.07) is 7.22. The fourth-order valence-electron chi connectivity index (χ4n) is 2.73. The van der Waals surface area contributed by atoms with E-state index in [1.165, 1.54) is 4.57 Å². The molecule has 1 aliphatic rings. The predicted molar refractivity (Wildman–Crippen MR) is 69.6 cm³/mol. The van der Waals surface area contributed by atoms with Crippen LogP contribution in [0.3, 0.4) is 0 Å². The lowest BCUT2D eigenvalue weighted by molar-refractivity contribution is -0.147. The van der Waals surface area contributed by atoms with Crippen molar-refractivity contribution in [1.29, 1.82) is 0 Å². The Labute approximate surface area is 109 Å². The molecule has 5 heteroatoms. The molecule has 0 amide bonds. The van der Waals surface area contributed by atoms with E-state index in [4.69, 9.17) is 0 Å². The van der Waals surface area contributed by atoms with Gasteiger partial charge in [-0.2, -0.15) is 0 Å². The molecule has 3 rings (SSSR count). The largest absolute Gasteiger partial charge is 0.481 e. The summed E-state index contributed by atoms with van der Waals surface area (Å²) in [6.45, 7) is 0. The summed E-state index contributed by atoms with van der Waals surface area (Å²) >= 11 is 0. The second kappa shape index (κ2) is 4.12. The number of carbonyl (C=O) groups is 1. The molecule has 1 aromatic carbocycles. The zero-order valence-electron chi connectivity index (χ0n) is 10.3. The molecule has 1 fully saturated rings. The van der Waals surface area contributed by atoms with E-state index >= 15 is 0 Å². The first kappa shape index (κ1) is 11.8. The van der Waals surface area contributed by atoms with Crippen molar-refractivity contribution in [1.82, 2.24) is 9.55 Å². The van der Waals surface area contributed by atoms with E-state index < -0.39 is 11.4 Å². The molecule has 0 bridgehead atoms. The predicted octanol–water partition coefficient (Wildman–Crippen LogP) is 1.67. The minimum atomic E-state index is -0.840. The normalized spacial score (nSPS) is 16.8. The Balaban J connectivity index is 2.21. The summed E-state index contributed by atoms with van der Waals surface area (Å²) in [5.41, 5.74) is 0.270. The number of nitrogens with one attached hydrogen (secondary N) is 1. The third kappa shape index (κ3) is 1.62. The number of para-hydroxylation sites is 1. The zero-order valence-corrected chi connectivity index (χ0v) is 10.3. The van der Waals surface area contributed by atoms with Crippen molar-refractivity contribution >= 4 is 5.97 Å². The molecule has 19 heavy (non-hydrogen) atoms. The van der Waals surface area contributed by atoms with Crippen LogP contribution in [0.5, 0.6) is 0 Å². The molecule has 1 aliphatic carbocycles. The fraction of sp³-hybridized carbons (Fsp3) is 0.286. The SMILES string of the molecule is O=C(O)C1(c2ccccc2-n2cc[nH]c2=O)CCC1. The monoisotopic (exact) mass is 258 g/mol. The summed E-state index contributed by atoms with van der Waals surface area (Å²) in [7, 11) is 0. The van der Waals surface area contributed by atoms with E-state index in [2.05, 4.69) is 4.98 Å². The van der Waals surface area contributed by atoms with Gasteiger partial charge in [0.25, 0.3) is 0 Å². The van der Waals surface area contributed by atoms with Crippen LogP contribution in [-0.2, 0) is 10.2 Å². The van der Waals surface area contributed by atoms with Gasteiger partial charge < -0.3 is 10.1 Å². The quantitative estimate of drug-likeness (QED) is 0.879. The third-order valence-electron chi connectivity index (χ3n) is 3.94. The number of aromatic nitrogens is 2. The molecular weight excluding hydrogens is 244 g/mol. The van der Waals surface area contributed by atoms with E-state index in [0.717, 1.165) is 12.0 Å². The summed E-state index contributed by atoms with van der Waals surface area (Å²) in [5.74, 6) is -0.810. The summed E-state index contributed by atoms with van der Waals surface area (Å²) in [6.07, 6.45) is 5.32. The highest BCUT2D eigenvalue weighted by atomic mass is 16.4. The lowest BCUT2D eigenvalue weighted by Crippen LogP contribution is -2.43. The Hall–Kier alpha value is -2.30. The smallest absolute Gasteiger partial charge is 0.330 e. The van der Waals surface area contributed by atoms with Crippen LogP contribution in [0.4, 0.5) is 0 Å². The molecule has 98 valence electrons. The van der Waals surface area contributed by atoms with Gasteiger partial charge in [-0.15, -0.1) is 0 Å². The second-order valence-electron chi connectivity index (χ2n) is 4.89. The van der Waals surface area contributed by atoms with Crippen molar-refractivity contribution in [3.05, 3.63) is 52.7 Å². The molecule has 5 nitrogen and oxygen atoms in total. The zero-order chi connectivity index (χ0) is 13.5. The molecule has 2 N–H and O–H groups in total. The van der Waals surface area contributed by atoms with Crippen molar-refractivity contribution in [2.45, 2.75) is 24.7 Å². The number of rotatable bonds is 3. The molecule has 1 aromatic heterocycles. The first-order valence-corrected chi connectivity index (χ1v) is 6.24. The number of benzene rings is 1. The number of hydrogen-bond acceptors (Lipinski definition) is 2. The number of H-pyrrole nitrogens is 1. The van der Waals surface area contributed by atoms with Crippen LogP contribution in [0.2, 0.25) is 0 Å². The number of aliphatic carboxylic acids is 1. The van der Waals surface area contributed by atoms with Crippen molar-refractivity contribution < 1.29 is 9.90 Å². The Morgan fingerprint density at radius 1 is 1.32 bits per heavy atom. The van der Waals surface area contributed by atoms with Gasteiger partial charge in [0.2, 0.25) is 0 Å². The second-order valence-corrected chi connectivity index (χ2v) is 4.89. The maximum absolute atomic E-state index is 11.7. The lowest BCUT2D eigenvalue weighted by Gasteiger charge is -2.39. The van der Waals surface area contributed by atoms with Crippen LogP contribution in [0.1, 0.15) is 24.8 Å². The van der Waals surface area contributed by atoms with Gasteiger partial charge >= 0.3 is 11.7 Å².